The fourth-order valence-corrected chi connectivity index (χ4v) is 2.43. The van der Waals surface area contributed by atoms with Crippen LogP contribution in [0.3, 0.4) is 0 Å². The van der Waals surface area contributed by atoms with Crippen LogP contribution in [0.2, 0.25) is 0 Å². The van der Waals surface area contributed by atoms with Gasteiger partial charge in [0.25, 0.3) is 0 Å². The number of nitrogen functional groups attached to an aromatic ring is 1. The number of halogens is 2. The molecule has 0 unspecified atom stereocenters. The highest BCUT2D eigenvalue weighted by Gasteiger charge is 2.24. The summed E-state index contributed by atoms with van der Waals surface area (Å²) in [6.07, 6.45) is 0.994. The van der Waals surface area contributed by atoms with Crippen LogP contribution < -0.4 is 10.5 Å². The summed E-state index contributed by atoms with van der Waals surface area (Å²) in [5, 5.41) is 3.35. The molecule has 2 rings (SSSR count). The van der Waals surface area contributed by atoms with Gasteiger partial charge in [0, 0.05) is 5.69 Å². The molecule has 0 amide bonds. The van der Waals surface area contributed by atoms with Crippen molar-refractivity contribution >= 4 is 15.7 Å². The second kappa shape index (κ2) is 4.90. The summed E-state index contributed by atoms with van der Waals surface area (Å²) in [4.78, 5) is 2.45. The molecule has 0 radical (unpaired) electrons. The highest BCUT2D eigenvalue weighted by molar-refractivity contribution is 7.89. The summed E-state index contributed by atoms with van der Waals surface area (Å²) in [6.45, 7) is -0.359. The first kappa shape index (κ1) is 13.4. The lowest BCUT2D eigenvalue weighted by Gasteiger charge is -2.07. The summed E-state index contributed by atoms with van der Waals surface area (Å²) in [6, 6.07) is 1.43. The van der Waals surface area contributed by atoms with E-state index >= 15 is 0 Å². The fourth-order valence-electron chi connectivity index (χ4n) is 1.34. The molecule has 0 saturated heterocycles. The van der Waals surface area contributed by atoms with Gasteiger partial charge in [0.15, 0.2) is 10.7 Å². The van der Waals surface area contributed by atoms with Crippen molar-refractivity contribution in [1.82, 2.24) is 14.9 Å². The number of anilines is 1. The Balaban J connectivity index is 2.29. The van der Waals surface area contributed by atoms with Crippen LogP contribution in [0, 0.1) is 11.6 Å². The van der Waals surface area contributed by atoms with Gasteiger partial charge >= 0.3 is 0 Å². The van der Waals surface area contributed by atoms with E-state index in [4.69, 9.17) is 5.73 Å². The summed E-state index contributed by atoms with van der Waals surface area (Å²) >= 11 is 0. The Hall–Kier alpha value is -2.07. The number of hydrogen-bond acceptors (Lipinski definition) is 6. The minimum atomic E-state index is -4.39. The largest absolute Gasteiger partial charge is 0.399 e. The van der Waals surface area contributed by atoms with Crippen LogP contribution >= 0.6 is 0 Å². The number of hydrogen-bond donors (Lipinski definition) is 2. The van der Waals surface area contributed by atoms with Crippen LogP contribution in [0.4, 0.5) is 14.5 Å². The molecule has 1 aromatic carbocycles. The number of nitrogens with two attached hydrogens (primary N) is 1. The highest BCUT2D eigenvalue weighted by atomic mass is 32.2. The Morgan fingerprint density at radius 2 is 1.95 bits per heavy atom. The van der Waals surface area contributed by atoms with Crippen LogP contribution in [0.15, 0.2) is 27.9 Å². The molecule has 19 heavy (non-hydrogen) atoms. The van der Waals surface area contributed by atoms with E-state index in [0.29, 0.717) is 12.1 Å². The molecule has 0 fully saturated rings. The van der Waals surface area contributed by atoms with E-state index in [1.807, 2.05) is 4.72 Å². The first-order valence-electron chi connectivity index (χ1n) is 4.89. The quantitative estimate of drug-likeness (QED) is 0.789. The molecule has 102 valence electrons. The molecule has 0 aliphatic rings. The van der Waals surface area contributed by atoms with E-state index in [2.05, 4.69) is 14.7 Å². The van der Waals surface area contributed by atoms with Gasteiger partial charge in [0.05, 0.1) is 6.54 Å². The molecular formula is C9H8F2N4O3S. The van der Waals surface area contributed by atoms with Gasteiger partial charge in [0.1, 0.15) is 11.6 Å². The lowest BCUT2D eigenvalue weighted by atomic mass is 10.3. The summed E-state index contributed by atoms with van der Waals surface area (Å²) in [7, 11) is -4.39. The standard InChI is InChI=1S/C9H8F2N4O3S/c10-6-1-5(12)2-7(11)9(6)19(16,17)14-3-8-13-4-18-15-8/h1-2,4,14H,3,12H2. The Bertz CT molecular complexity index is 664. The van der Waals surface area contributed by atoms with Crippen molar-refractivity contribution in [2.24, 2.45) is 0 Å². The van der Waals surface area contributed by atoms with Gasteiger partial charge in [-0.15, -0.1) is 0 Å². The average Bonchev–Trinajstić information content (AvgIpc) is 2.77. The number of nitrogens with one attached hydrogen (secondary N) is 1. The van der Waals surface area contributed by atoms with Crippen LogP contribution in [0.5, 0.6) is 0 Å². The van der Waals surface area contributed by atoms with Crippen molar-refractivity contribution in [1.29, 1.82) is 0 Å². The number of aromatic nitrogens is 2. The van der Waals surface area contributed by atoms with E-state index in [-0.39, 0.29) is 18.1 Å². The van der Waals surface area contributed by atoms with Crippen molar-refractivity contribution in [3.63, 3.8) is 0 Å². The number of benzene rings is 1. The molecule has 0 atom stereocenters. The maximum atomic E-state index is 13.5. The molecule has 0 spiro atoms. The van der Waals surface area contributed by atoms with E-state index in [1.165, 1.54) is 0 Å². The first-order chi connectivity index (χ1) is 8.90. The van der Waals surface area contributed by atoms with E-state index in [9.17, 15) is 17.2 Å². The molecule has 0 aliphatic carbocycles. The van der Waals surface area contributed by atoms with Crippen molar-refractivity contribution < 1.29 is 21.7 Å². The second-order valence-electron chi connectivity index (χ2n) is 3.49. The maximum absolute atomic E-state index is 13.5. The summed E-state index contributed by atoms with van der Waals surface area (Å²) in [5.41, 5.74) is 4.98. The monoisotopic (exact) mass is 290 g/mol. The highest BCUT2D eigenvalue weighted by Crippen LogP contribution is 2.21. The van der Waals surface area contributed by atoms with Crippen molar-refractivity contribution in [3.05, 3.63) is 36.0 Å². The Labute approximate surface area is 106 Å². The Morgan fingerprint density at radius 1 is 1.32 bits per heavy atom. The zero-order chi connectivity index (χ0) is 14.0. The van der Waals surface area contributed by atoms with Gasteiger partial charge in [-0.1, -0.05) is 5.16 Å². The molecule has 0 bridgehead atoms. The Kier molecular flexibility index (Phi) is 3.44. The lowest BCUT2D eigenvalue weighted by molar-refractivity contribution is 0.409. The van der Waals surface area contributed by atoms with Crippen LogP contribution in [0.25, 0.3) is 0 Å². The predicted molar refractivity (Wildman–Crippen MR) is 59.1 cm³/mol. The third kappa shape index (κ3) is 2.85. The number of sulfonamides is 1. The number of nitrogens with zero attached hydrogens (tertiary/aromatic N) is 2. The fraction of sp³-hybridized carbons (Fsp3) is 0.111. The van der Waals surface area contributed by atoms with E-state index in [1.54, 1.807) is 0 Å². The minimum absolute atomic E-state index is 0.0276. The molecule has 7 nitrogen and oxygen atoms in total. The van der Waals surface area contributed by atoms with Gasteiger partial charge in [-0.25, -0.2) is 21.9 Å². The molecule has 2 aromatic rings. The molecule has 0 saturated carbocycles. The summed E-state index contributed by atoms with van der Waals surface area (Å²) in [5.74, 6) is -2.53. The van der Waals surface area contributed by atoms with Crippen LogP contribution in [-0.2, 0) is 16.6 Å². The van der Waals surface area contributed by atoms with Gasteiger partial charge in [0.2, 0.25) is 16.4 Å². The Morgan fingerprint density at radius 3 is 2.47 bits per heavy atom. The van der Waals surface area contributed by atoms with E-state index in [0.717, 1.165) is 6.39 Å². The molecule has 0 aliphatic heterocycles. The third-order valence-corrected chi connectivity index (χ3v) is 3.57. The summed E-state index contributed by atoms with van der Waals surface area (Å²) < 4.78 is 56.8. The predicted octanol–water partition coefficient (Wildman–Crippen LogP) is 0.408. The smallest absolute Gasteiger partial charge is 0.246 e. The average molecular weight is 290 g/mol. The first-order valence-corrected chi connectivity index (χ1v) is 6.38. The number of rotatable bonds is 4. The SMILES string of the molecule is Nc1cc(F)c(S(=O)(=O)NCc2ncon2)c(F)c1. The van der Waals surface area contributed by atoms with Gasteiger partial charge in [-0.2, -0.15) is 4.98 Å². The lowest BCUT2D eigenvalue weighted by Crippen LogP contribution is -2.26. The molecule has 10 heteroatoms. The van der Waals surface area contributed by atoms with E-state index < -0.39 is 26.6 Å². The molecular weight excluding hydrogens is 282 g/mol. The topological polar surface area (TPSA) is 111 Å². The van der Waals surface area contributed by atoms with Crippen LogP contribution in [0.1, 0.15) is 5.82 Å². The van der Waals surface area contributed by atoms with Gasteiger partial charge in [-0.05, 0) is 12.1 Å². The second-order valence-corrected chi connectivity index (χ2v) is 5.19. The normalized spacial score (nSPS) is 11.7. The van der Waals surface area contributed by atoms with Crippen molar-refractivity contribution in [2.45, 2.75) is 11.4 Å². The van der Waals surface area contributed by atoms with Crippen LogP contribution in [-0.4, -0.2) is 18.6 Å². The maximum Gasteiger partial charge on any atom is 0.246 e. The van der Waals surface area contributed by atoms with Crippen molar-refractivity contribution in [3.8, 4) is 0 Å². The third-order valence-electron chi connectivity index (χ3n) is 2.12. The molecule has 1 aromatic heterocycles. The molecule has 3 N–H and O–H groups in total. The zero-order valence-corrected chi connectivity index (χ0v) is 10.1. The molecule has 1 heterocycles. The minimum Gasteiger partial charge on any atom is -0.399 e. The zero-order valence-electron chi connectivity index (χ0n) is 9.30. The van der Waals surface area contributed by atoms with Gasteiger partial charge < -0.3 is 10.3 Å². The van der Waals surface area contributed by atoms with Crippen molar-refractivity contribution in [2.75, 3.05) is 5.73 Å². The van der Waals surface area contributed by atoms with Gasteiger partial charge in [-0.3, -0.25) is 0 Å².